The third-order valence-corrected chi connectivity index (χ3v) is 13.4. The van der Waals surface area contributed by atoms with E-state index in [1.807, 2.05) is 6.08 Å². The molecule has 0 amide bonds. The zero-order chi connectivity index (χ0) is 16.4. The maximum atomic E-state index is 12.6. The van der Waals surface area contributed by atoms with Crippen LogP contribution in [0.1, 0.15) is 52.4 Å². The Labute approximate surface area is 140 Å². The quantitative estimate of drug-likeness (QED) is 0.488. The minimum absolute atomic E-state index is 0.230. The van der Waals surface area contributed by atoms with Crippen molar-refractivity contribution in [2.75, 3.05) is 12.8 Å². The fourth-order valence-corrected chi connectivity index (χ4v) is 12.0. The molecule has 23 heavy (non-hydrogen) atoms. The number of hydrogen-bond donors (Lipinski definition) is 0. The fourth-order valence-electron chi connectivity index (χ4n) is 6.71. The summed E-state index contributed by atoms with van der Waals surface area (Å²) in [5.41, 5.74) is 2.32. The number of fused-ring (bicyclic) bond motifs is 5. The van der Waals surface area contributed by atoms with Gasteiger partial charge < -0.3 is 0 Å². The molecule has 2 nitrogen and oxygen atoms in total. The second-order valence-corrected chi connectivity index (χ2v) is 13.4. The van der Waals surface area contributed by atoms with Crippen LogP contribution in [0.3, 0.4) is 0 Å². The Morgan fingerprint density at radius 3 is 2.78 bits per heavy atom. The first-order valence-corrected chi connectivity index (χ1v) is 12.1. The second-order valence-electron chi connectivity index (χ2n) is 8.75. The Kier molecular flexibility index (Phi) is 3.51. The van der Waals surface area contributed by atoms with Crippen LogP contribution in [0.15, 0.2) is 23.0 Å². The molecule has 3 heteroatoms. The molecule has 2 unspecified atom stereocenters. The molecule has 0 N–H and O–H groups in total. The summed E-state index contributed by atoms with van der Waals surface area (Å²) < 4.78 is 0. The summed E-state index contributed by atoms with van der Waals surface area (Å²) in [7, 11) is -1.58. The van der Waals surface area contributed by atoms with Crippen molar-refractivity contribution in [3.63, 3.8) is 0 Å². The van der Waals surface area contributed by atoms with Crippen LogP contribution >= 0.6 is 7.26 Å². The molecule has 126 valence electrons. The van der Waals surface area contributed by atoms with Gasteiger partial charge in [-0.2, -0.15) is 0 Å². The van der Waals surface area contributed by atoms with Crippen LogP contribution < -0.4 is 0 Å². The molecule has 0 aromatic carbocycles. The van der Waals surface area contributed by atoms with E-state index in [9.17, 15) is 9.59 Å². The van der Waals surface area contributed by atoms with Gasteiger partial charge in [-0.25, -0.2) is 0 Å². The Bertz CT molecular complexity index is 646. The molecule has 0 aromatic heterocycles. The first kappa shape index (κ1) is 15.8. The maximum absolute atomic E-state index is 12.6. The molecule has 2 heterocycles. The predicted molar refractivity (Wildman–Crippen MR) is 97.5 cm³/mol. The zero-order valence-electron chi connectivity index (χ0n) is 14.7. The van der Waals surface area contributed by atoms with E-state index in [2.05, 4.69) is 26.6 Å². The number of hydrogen-bond acceptors (Lipinski definition) is 2. The van der Waals surface area contributed by atoms with Crippen molar-refractivity contribution < 1.29 is 9.59 Å². The molecule has 4 rings (SSSR count). The van der Waals surface area contributed by atoms with Crippen molar-refractivity contribution in [1.29, 1.82) is 0 Å². The summed E-state index contributed by atoms with van der Waals surface area (Å²) in [4.78, 5) is 24.4. The molecule has 0 bridgehead atoms. The number of rotatable bonds is 0. The third-order valence-electron chi connectivity index (χ3n) is 7.96. The van der Waals surface area contributed by atoms with Gasteiger partial charge in [0, 0.05) is 0 Å². The van der Waals surface area contributed by atoms with Crippen molar-refractivity contribution in [3.05, 3.63) is 23.0 Å². The van der Waals surface area contributed by atoms with E-state index in [0.29, 0.717) is 23.1 Å². The minimum atomic E-state index is -1.58. The first-order chi connectivity index (χ1) is 10.9. The Morgan fingerprint density at radius 2 is 2.04 bits per heavy atom. The topological polar surface area (TPSA) is 34.1 Å². The predicted octanol–water partition coefficient (Wildman–Crippen LogP) is 4.34. The summed E-state index contributed by atoms with van der Waals surface area (Å²) in [6.07, 6.45) is 11.5. The molecule has 2 aliphatic carbocycles. The van der Waals surface area contributed by atoms with Crippen molar-refractivity contribution in [3.8, 4) is 0 Å². The SMILES string of the molecule is C/C=C1\C(=O)CC2[C@@H]3CCC4=CC(=O)CC[C@]4(C)C3CC[PH]12C. The van der Waals surface area contributed by atoms with Crippen LogP contribution in [0, 0.1) is 17.3 Å². The summed E-state index contributed by atoms with van der Waals surface area (Å²) >= 11 is 0. The summed E-state index contributed by atoms with van der Waals surface area (Å²) in [5.74, 6) is 2.21. The van der Waals surface area contributed by atoms with E-state index in [-0.39, 0.29) is 5.41 Å². The van der Waals surface area contributed by atoms with Gasteiger partial charge in [0.1, 0.15) is 0 Å². The van der Waals surface area contributed by atoms with Crippen LogP contribution in [0.4, 0.5) is 0 Å². The van der Waals surface area contributed by atoms with Crippen molar-refractivity contribution in [2.24, 2.45) is 17.3 Å². The van der Waals surface area contributed by atoms with Gasteiger partial charge in [0.2, 0.25) is 0 Å². The Morgan fingerprint density at radius 1 is 1.26 bits per heavy atom. The fraction of sp³-hybridized carbons (Fsp3) is 0.700. The molecule has 0 aromatic rings. The first-order valence-electron chi connectivity index (χ1n) is 9.34. The molecular weight excluding hydrogens is 303 g/mol. The molecule has 4 aliphatic rings. The summed E-state index contributed by atoms with van der Waals surface area (Å²) in [6.45, 7) is 6.96. The van der Waals surface area contributed by atoms with E-state index in [4.69, 9.17) is 0 Å². The van der Waals surface area contributed by atoms with Crippen LogP contribution in [0.5, 0.6) is 0 Å². The number of Topliss-reactive ketones (excluding diaryl/α,β-unsaturated/α-hetero) is 1. The van der Waals surface area contributed by atoms with Crippen LogP contribution in [-0.4, -0.2) is 30.1 Å². The Balaban J connectivity index is 1.72. The van der Waals surface area contributed by atoms with Gasteiger partial charge in [-0.3, -0.25) is 0 Å². The van der Waals surface area contributed by atoms with Gasteiger partial charge in [-0.1, -0.05) is 0 Å². The number of allylic oxidation sites excluding steroid dienone is 4. The zero-order valence-corrected chi connectivity index (χ0v) is 15.7. The van der Waals surface area contributed by atoms with Gasteiger partial charge in [-0.15, -0.1) is 0 Å². The second kappa shape index (κ2) is 5.12. The molecule has 2 aliphatic heterocycles. The monoisotopic (exact) mass is 332 g/mol. The number of carbonyl (C=O) groups is 2. The number of carbonyl (C=O) groups excluding carboxylic acids is 2. The van der Waals surface area contributed by atoms with Crippen molar-refractivity contribution in [2.45, 2.75) is 58.0 Å². The van der Waals surface area contributed by atoms with E-state index in [0.717, 1.165) is 31.6 Å². The summed E-state index contributed by atoms with van der Waals surface area (Å²) in [5, 5.41) is 1.24. The van der Waals surface area contributed by atoms with E-state index in [1.54, 1.807) is 0 Å². The van der Waals surface area contributed by atoms with Crippen molar-refractivity contribution in [1.82, 2.24) is 0 Å². The van der Waals surface area contributed by atoms with E-state index in [1.165, 1.54) is 29.9 Å². The van der Waals surface area contributed by atoms with Gasteiger partial charge in [0.05, 0.1) is 0 Å². The van der Waals surface area contributed by atoms with Gasteiger partial charge >= 0.3 is 140 Å². The van der Waals surface area contributed by atoms with Gasteiger partial charge in [-0.05, 0) is 0 Å². The third kappa shape index (κ3) is 2.03. The summed E-state index contributed by atoms with van der Waals surface area (Å²) in [6, 6.07) is 0. The van der Waals surface area contributed by atoms with Crippen molar-refractivity contribution >= 4 is 18.8 Å². The molecule has 0 radical (unpaired) electrons. The number of ketones is 2. The molecular formula is C20H29O2P. The molecule has 4 atom stereocenters. The average Bonchev–Trinajstić information content (AvgIpc) is 2.77. The van der Waals surface area contributed by atoms with Crippen LogP contribution in [0.25, 0.3) is 0 Å². The van der Waals surface area contributed by atoms with Gasteiger partial charge in [0.15, 0.2) is 0 Å². The van der Waals surface area contributed by atoms with E-state index < -0.39 is 7.26 Å². The van der Waals surface area contributed by atoms with E-state index >= 15 is 0 Å². The standard InChI is InChI=1S/C20H29O2P/c1-4-18-17(22)12-19-15-6-5-13-11-14(21)7-9-20(13,2)16(15)8-10-23(18,19)3/h4,11,15-16,19,23H,5-10,12H2,1-3H3/b18-4+/t15-,16?,19?,20+/m1/s1. The normalized spacial score (nSPS) is 45.1. The molecule has 3 fully saturated rings. The molecule has 2 saturated heterocycles. The molecule has 1 saturated carbocycles. The molecule has 0 spiro atoms. The van der Waals surface area contributed by atoms with Crippen LogP contribution in [-0.2, 0) is 9.59 Å². The van der Waals surface area contributed by atoms with Crippen LogP contribution in [0.2, 0.25) is 0 Å². The average molecular weight is 332 g/mol. The van der Waals surface area contributed by atoms with Gasteiger partial charge in [0.25, 0.3) is 0 Å². The Hall–Kier alpha value is -0.750.